The Hall–Kier alpha value is -2.08. The van der Waals surface area contributed by atoms with Crippen LogP contribution in [0.1, 0.15) is 16.7 Å². The molecule has 0 aromatic heterocycles. The van der Waals surface area contributed by atoms with Gasteiger partial charge in [-0.25, -0.2) is 12.8 Å². The van der Waals surface area contributed by atoms with Crippen LogP contribution in [0.3, 0.4) is 0 Å². The van der Waals surface area contributed by atoms with Crippen LogP contribution < -0.4 is 10.5 Å². The lowest BCUT2D eigenvalue weighted by Gasteiger charge is -2.13. The van der Waals surface area contributed by atoms with E-state index in [1.165, 1.54) is 18.2 Å². The second-order valence-corrected chi connectivity index (χ2v) is 6.70. The maximum Gasteiger partial charge on any atom is 0.261 e. The zero-order valence-corrected chi connectivity index (χ0v) is 12.9. The molecule has 0 amide bonds. The topological polar surface area (TPSA) is 72.2 Å². The van der Waals surface area contributed by atoms with Gasteiger partial charge in [0.1, 0.15) is 5.82 Å². The van der Waals surface area contributed by atoms with Crippen molar-refractivity contribution in [3.63, 3.8) is 0 Å². The molecule has 0 heterocycles. The van der Waals surface area contributed by atoms with E-state index in [1.54, 1.807) is 19.9 Å². The van der Waals surface area contributed by atoms with Gasteiger partial charge in [0.15, 0.2) is 0 Å². The van der Waals surface area contributed by atoms with Crippen molar-refractivity contribution < 1.29 is 12.8 Å². The second-order valence-electron chi connectivity index (χ2n) is 5.02. The van der Waals surface area contributed by atoms with Gasteiger partial charge in [0.05, 0.1) is 10.6 Å². The Morgan fingerprint density at radius 1 is 1.05 bits per heavy atom. The lowest BCUT2D eigenvalue weighted by Crippen LogP contribution is -2.15. The zero-order valence-electron chi connectivity index (χ0n) is 12.1. The molecule has 6 heteroatoms. The molecule has 0 radical (unpaired) electrons. The molecule has 3 N–H and O–H groups in total. The summed E-state index contributed by atoms with van der Waals surface area (Å²) in [4.78, 5) is 0.0618. The van der Waals surface area contributed by atoms with Gasteiger partial charge in [-0.2, -0.15) is 0 Å². The number of halogens is 1. The van der Waals surface area contributed by atoms with Crippen molar-refractivity contribution in [3.8, 4) is 0 Å². The molecule has 21 heavy (non-hydrogen) atoms. The van der Waals surface area contributed by atoms with Gasteiger partial charge >= 0.3 is 0 Å². The molecule has 0 atom stereocenters. The molecule has 0 saturated heterocycles. The number of benzene rings is 2. The van der Waals surface area contributed by atoms with E-state index in [1.807, 2.05) is 6.92 Å². The summed E-state index contributed by atoms with van der Waals surface area (Å²) in [6, 6.07) is 6.89. The van der Waals surface area contributed by atoms with Crippen LogP contribution in [0.5, 0.6) is 0 Å². The third-order valence-electron chi connectivity index (χ3n) is 3.44. The van der Waals surface area contributed by atoms with E-state index in [-0.39, 0.29) is 10.6 Å². The average molecular weight is 308 g/mol. The smallest absolute Gasteiger partial charge is 0.261 e. The first-order chi connectivity index (χ1) is 9.70. The lowest BCUT2D eigenvalue weighted by atomic mass is 10.1. The summed E-state index contributed by atoms with van der Waals surface area (Å²) in [6.45, 7) is 5.31. The summed E-state index contributed by atoms with van der Waals surface area (Å²) in [5.41, 5.74) is 8.70. The van der Waals surface area contributed by atoms with Gasteiger partial charge in [-0.1, -0.05) is 6.07 Å². The Morgan fingerprint density at radius 2 is 1.71 bits per heavy atom. The Kier molecular flexibility index (Phi) is 3.91. The first kappa shape index (κ1) is 15.3. The number of sulfonamides is 1. The van der Waals surface area contributed by atoms with Crippen LogP contribution in [-0.2, 0) is 10.0 Å². The van der Waals surface area contributed by atoms with Crippen molar-refractivity contribution in [1.82, 2.24) is 0 Å². The molecule has 4 nitrogen and oxygen atoms in total. The lowest BCUT2D eigenvalue weighted by molar-refractivity contribution is 0.601. The van der Waals surface area contributed by atoms with Crippen molar-refractivity contribution in [2.24, 2.45) is 0 Å². The molecule has 0 fully saturated rings. The predicted octanol–water partition coefficient (Wildman–Crippen LogP) is 3.13. The highest BCUT2D eigenvalue weighted by atomic mass is 32.2. The molecule has 0 bridgehead atoms. The fourth-order valence-electron chi connectivity index (χ4n) is 1.92. The Balaban J connectivity index is 2.46. The highest BCUT2D eigenvalue weighted by Crippen LogP contribution is 2.25. The molecule has 2 aromatic carbocycles. The van der Waals surface area contributed by atoms with Crippen molar-refractivity contribution in [1.29, 1.82) is 0 Å². The number of hydrogen-bond donors (Lipinski definition) is 2. The summed E-state index contributed by atoms with van der Waals surface area (Å²) in [7, 11) is -3.81. The van der Waals surface area contributed by atoms with Crippen LogP contribution in [-0.4, -0.2) is 8.42 Å². The molecule has 0 aliphatic rings. The van der Waals surface area contributed by atoms with Gasteiger partial charge in [-0.15, -0.1) is 0 Å². The second kappa shape index (κ2) is 5.37. The molecule has 0 spiro atoms. The fourth-order valence-corrected chi connectivity index (χ4v) is 3.16. The zero-order chi connectivity index (χ0) is 15.8. The first-order valence-electron chi connectivity index (χ1n) is 6.36. The van der Waals surface area contributed by atoms with Gasteiger partial charge in [0.2, 0.25) is 0 Å². The monoisotopic (exact) mass is 308 g/mol. The fraction of sp³-hybridized carbons (Fsp3) is 0.200. The molecule has 0 aliphatic carbocycles. The van der Waals surface area contributed by atoms with E-state index in [0.717, 1.165) is 17.2 Å². The molecule has 112 valence electrons. The maximum absolute atomic E-state index is 13.3. The van der Waals surface area contributed by atoms with E-state index in [4.69, 9.17) is 5.73 Å². The van der Waals surface area contributed by atoms with Crippen LogP contribution in [0.25, 0.3) is 0 Å². The molecule has 0 aliphatic heterocycles. The van der Waals surface area contributed by atoms with Crippen molar-refractivity contribution in [2.75, 3.05) is 10.5 Å². The largest absolute Gasteiger partial charge is 0.398 e. The van der Waals surface area contributed by atoms with Gasteiger partial charge in [0.25, 0.3) is 10.0 Å². The summed E-state index contributed by atoms with van der Waals surface area (Å²) >= 11 is 0. The first-order valence-corrected chi connectivity index (χ1v) is 7.85. The molecule has 2 rings (SSSR count). The van der Waals surface area contributed by atoms with E-state index >= 15 is 0 Å². The summed E-state index contributed by atoms with van der Waals surface area (Å²) in [6.07, 6.45) is 0. The van der Waals surface area contributed by atoms with E-state index in [9.17, 15) is 12.8 Å². The third-order valence-corrected chi connectivity index (χ3v) is 4.78. The van der Waals surface area contributed by atoms with Gasteiger partial charge < -0.3 is 5.73 Å². The number of hydrogen-bond acceptors (Lipinski definition) is 3. The normalized spacial score (nSPS) is 11.4. The van der Waals surface area contributed by atoms with Crippen molar-refractivity contribution in [3.05, 3.63) is 52.8 Å². The molecule has 0 unspecified atom stereocenters. The van der Waals surface area contributed by atoms with E-state index < -0.39 is 15.8 Å². The van der Waals surface area contributed by atoms with Crippen LogP contribution in [0, 0.1) is 26.6 Å². The molecular weight excluding hydrogens is 291 g/mol. The number of anilines is 2. The Bertz CT molecular complexity index is 778. The van der Waals surface area contributed by atoms with Crippen LogP contribution in [0.2, 0.25) is 0 Å². The Labute approximate surface area is 123 Å². The van der Waals surface area contributed by atoms with Gasteiger partial charge in [-0.3, -0.25) is 4.72 Å². The highest BCUT2D eigenvalue weighted by molar-refractivity contribution is 7.92. The molecular formula is C15H17FN2O2S. The third kappa shape index (κ3) is 3.16. The number of aryl methyl sites for hydroxylation is 2. The van der Waals surface area contributed by atoms with E-state index in [0.29, 0.717) is 11.3 Å². The quantitative estimate of drug-likeness (QED) is 0.856. The average Bonchev–Trinajstić information content (AvgIpc) is 2.39. The predicted molar refractivity (Wildman–Crippen MR) is 82.3 cm³/mol. The number of nitrogen functional groups attached to an aromatic ring is 1. The number of nitrogens with one attached hydrogen (secondary N) is 1. The van der Waals surface area contributed by atoms with Crippen molar-refractivity contribution in [2.45, 2.75) is 25.7 Å². The molecule has 2 aromatic rings. The minimum Gasteiger partial charge on any atom is -0.398 e. The van der Waals surface area contributed by atoms with Crippen molar-refractivity contribution >= 4 is 21.4 Å². The minimum atomic E-state index is -3.81. The van der Waals surface area contributed by atoms with Gasteiger partial charge in [-0.05, 0) is 61.7 Å². The highest BCUT2D eigenvalue weighted by Gasteiger charge is 2.17. The van der Waals surface area contributed by atoms with Crippen LogP contribution in [0.4, 0.5) is 15.8 Å². The molecule has 0 saturated carbocycles. The minimum absolute atomic E-state index is 0.0618. The van der Waals surface area contributed by atoms with Crippen LogP contribution >= 0.6 is 0 Å². The summed E-state index contributed by atoms with van der Waals surface area (Å²) < 4.78 is 40.4. The summed E-state index contributed by atoms with van der Waals surface area (Å²) in [5, 5.41) is 0. The SMILES string of the molecule is Cc1ccc(F)cc1NS(=O)(=O)c1cc(C)c(C)c(N)c1. The Morgan fingerprint density at radius 3 is 2.33 bits per heavy atom. The van der Waals surface area contributed by atoms with Gasteiger partial charge in [0, 0.05) is 5.69 Å². The van der Waals surface area contributed by atoms with E-state index in [2.05, 4.69) is 4.72 Å². The number of nitrogens with two attached hydrogens (primary N) is 1. The van der Waals surface area contributed by atoms with Crippen LogP contribution in [0.15, 0.2) is 35.2 Å². The standard InChI is InChI=1S/C15H17FN2O2S/c1-9-4-5-12(16)7-15(9)18-21(19,20)13-6-10(2)11(3)14(17)8-13/h4-8,18H,17H2,1-3H3. The number of rotatable bonds is 3. The maximum atomic E-state index is 13.3. The summed E-state index contributed by atoms with van der Waals surface area (Å²) in [5.74, 6) is -0.502.